The molecular weight excluding hydrogens is 468 g/mol. The Balaban J connectivity index is 1.61. The van der Waals surface area contributed by atoms with Gasteiger partial charge in [-0.3, -0.25) is 4.90 Å². The minimum atomic E-state index is -0.497. The number of hydrogen-bond acceptors (Lipinski definition) is 6. The van der Waals surface area contributed by atoms with Crippen molar-refractivity contribution in [2.75, 3.05) is 18.6 Å². The summed E-state index contributed by atoms with van der Waals surface area (Å²) in [6, 6.07) is 22.1. The summed E-state index contributed by atoms with van der Waals surface area (Å²) >= 11 is 0. The third-order valence-corrected chi connectivity index (χ3v) is 6.27. The zero-order chi connectivity index (χ0) is 25.9. The summed E-state index contributed by atoms with van der Waals surface area (Å²) in [5, 5.41) is 7.38. The van der Waals surface area contributed by atoms with Crippen LogP contribution in [0.25, 0.3) is 17.0 Å². The molecular formula is C29H28N4O4. The van der Waals surface area contributed by atoms with Crippen molar-refractivity contribution in [3.8, 4) is 22.9 Å². The maximum atomic E-state index is 13.4. The summed E-state index contributed by atoms with van der Waals surface area (Å²) in [6.07, 6.45) is 0. The van der Waals surface area contributed by atoms with Crippen LogP contribution >= 0.6 is 0 Å². The zero-order valence-electron chi connectivity index (χ0n) is 21.2. The number of allylic oxidation sites excluding steroid dienone is 1. The van der Waals surface area contributed by atoms with Crippen molar-refractivity contribution in [3.05, 3.63) is 95.5 Å². The van der Waals surface area contributed by atoms with Gasteiger partial charge in [-0.25, -0.2) is 4.79 Å². The number of nitrogens with zero attached hydrogens (tertiary/aromatic N) is 3. The van der Waals surface area contributed by atoms with Crippen LogP contribution in [0.4, 0.5) is 10.5 Å². The summed E-state index contributed by atoms with van der Waals surface area (Å²) in [5.41, 5.74) is 4.92. The van der Waals surface area contributed by atoms with E-state index in [0.717, 1.165) is 22.4 Å². The van der Waals surface area contributed by atoms with Crippen molar-refractivity contribution in [2.24, 2.45) is 0 Å². The Labute approximate surface area is 215 Å². The zero-order valence-corrected chi connectivity index (χ0v) is 21.2. The van der Waals surface area contributed by atoms with E-state index in [0.29, 0.717) is 41.0 Å². The molecule has 1 aliphatic heterocycles. The lowest BCUT2D eigenvalue weighted by Crippen LogP contribution is -2.46. The first-order valence-corrected chi connectivity index (χ1v) is 12.1. The first kappa shape index (κ1) is 24.1. The van der Waals surface area contributed by atoms with E-state index in [9.17, 15) is 4.79 Å². The molecule has 8 heteroatoms. The van der Waals surface area contributed by atoms with Crippen molar-refractivity contribution in [3.63, 3.8) is 0 Å². The Bertz CT molecular complexity index is 1440. The van der Waals surface area contributed by atoms with Gasteiger partial charge in [0.2, 0.25) is 5.82 Å². The number of anilines is 1. The molecule has 2 heterocycles. The Morgan fingerprint density at radius 2 is 1.73 bits per heavy atom. The number of aryl methyl sites for hydroxylation is 1. The van der Waals surface area contributed by atoms with Gasteiger partial charge in [0.1, 0.15) is 11.5 Å². The monoisotopic (exact) mass is 496 g/mol. The van der Waals surface area contributed by atoms with Gasteiger partial charge >= 0.3 is 6.03 Å². The molecule has 0 spiro atoms. The largest absolute Gasteiger partial charge is 0.497 e. The van der Waals surface area contributed by atoms with Gasteiger partial charge < -0.3 is 19.3 Å². The number of rotatable bonds is 7. The van der Waals surface area contributed by atoms with Crippen LogP contribution < -0.4 is 19.7 Å². The number of hydrogen-bond donors (Lipinski definition) is 1. The third-order valence-electron chi connectivity index (χ3n) is 6.27. The van der Waals surface area contributed by atoms with E-state index < -0.39 is 6.04 Å². The maximum absolute atomic E-state index is 13.4. The summed E-state index contributed by atoms with van der Waals surface area (Å²) in [4.78, 5) is 19.8. The van der Waals surface area contributed by atoms with Gasteiger partial charge in [-0.05, 0) is 68.8 Å². The van der Waals surface area contributed by atoms with Gasteiger partial charge in [0.25, 0.3) is 5.89 Å². The molecule has 0 aliphatic carbocycles. The molecule has 4 aromatic rings. The Morgan fingerprint density at radius 3 is 2.41 bits per heavy atom. The average molecular weight is 497 g/mol. The molecule has 188 valence electrons. The normalized spacial score (nSPS) is 15.5. The van der Waals surface area contributed by atoms with Gasteiger partial charge in [-0.2, -0.15) is 4.98 Å². The minimum absolute atomic E-state index is 0.260. The fourth-order valence-electron chi connectivity index (χ4n) is 4.47. The quantitative estimate of drug-likeness (QED) is 0.330. The second-order valence-corrected chi connectivity index (χ2v) is 8.71. The number of aromatic nitrogens is 2. The maximum Gasteiger partial charge on any atom is 0.326 e. The summed E-state index contributed by atoms with van der Waals surface area (Å²) in [6.45, 7) is 6.41. The summed E-state index contributed by atoms with van der Waals surface area (Å²) < 4.78 is 16.7. The first-order valence-electron chi connectivity index (χ1n) is 12.1. The number of amides is 2. The van der Waals surface area contributed by atoms with E-state index in [1.54, 1.807) is 12.0 Å². The van der Waals surface area contributed by atoms with Crippen LogP contribution in [0.1, 0.15) is 36.9 Å². The highest BCUT2D eigenvalue weighted by Gasteiger charge is 2.36. The molecule has 1 aromatic heterocycles. The second-order valence-electron chi connectivity index (χ2n) is 8.71. The van der Waals surface area contributed by atoms with Crippen LogP contribution in [0.2, 0.25) is 0 Å². The fourth-order valence-corrected chi connectivity index (χ4v) is 4.47. The van der Waals surface area contributed by atoms with E-state index in [2.05, 4.69) is 10.5 Å². The molecule has 3 aromatic carbocycles. The molecule has 1 atom stereocenters. The van der Waals surface area contributed by atoms with Gasteiger partial charge in [0.05, 0.1) is 31.0 Å². The Morgan fingerprint density at radius 1 is 1.00 bits per heavy atom. The number of benzene rings is 3. The van der Waals surface area contributed by atoms with E-state index in [1.165, 1.54) is 0 Å². The lowest BCUT2D eigenvalue weighted by atomic mass is 9.94. The molecule has 1 unspecified atom stereocenters. The number of ether oxygens (including phenoxy) is 2. The van der Waals surface area contributed by atoms with Crippen LogP contribution in [0, 0.1) is 6.92 Å². The van der Waals surface area contributed by atoms with Crippen LogP contribution in [-0.4, -0.2) is 29.9 Å². The van der Waals surface area contributed by atoms with Crippen molar-refractivity contribution in [2.45, 2.75) is 26.8 Å². The molecule has 5 rings (SSSR count). The van der Waals surface area contributed by atoms with Crippen molar-refractivity contribution in [1.82, 2.24) is 15.5 Å². The highest BCUT2D eigenvalue weighted by molar-refractivity contribution is 6.01. The highest BCUT2D eigenvalue weighted by Crippen LogP contribution is 2.39. The third kappa shape index (κ3) is 4.78. The number of nitrogens with one attached hydrogen (secondary N) is 1. The second kappa shape index (κ2) is 10.2. The fraction of sp³-hybridized carbons (Fsp3) is 0.207. The summed E-state index contributed by atoms with van der Waals surface area (Å²) in [5.74, 6) is 2.29. The standard InChI is InChI=1S/C29H28N4O4/c1-5-36-24-13-9-20(10-14-24)26-25(28-31-27(32-37-28)21-8-6-7-18(2)17-21)19(3)33(29(34)30-26)22-11-15-23(35-4)16-12-22/h6-17,26H,5H2,1-4H3,(H,30,34). The lowest BCUT2D eigenvalue weighted by Gasteiger charge is -2.35. The smallest absolute Gasteiger partial charge is 0.326 e. The molecule has 0 bridgehead atoms. The molecule has 0 radical (unpaired) electrons. The topological polar surface area (TPSA) is 89.7 Å². The first-order chi connectivity index (χ1) is 18.0. The molecule has 0 fully saturated rings. The van der Waals surface area contributed by atoms with Crippen molar-refractivity contribution in [1.29, 1.82) is 0 Å². The van der Waals surface area contributed by atoms with Crippen LogP contribution in [-0.2, 0) is 0 Å². The van der Waals surface area contributed by atoms with Gasteiger partial charge in [-0.1, -0.05) is 41.1 Å². The predicted octanol–water partition coefficient (Wildman–Crippen LogP) is 6.15. The van der Waals surface area contributed by atoms with Crippen LogP contribution in [0.15, 0.2) is 83.0 Å². The van der Waals surface area contributed by atoms with Crippen molar-refractivity contribution < 1.29 is 18.8 Å². The molecule has 0 saturated heterocycles. The molecule has 2 amide bonds. The van der Waals surface area contributed by atoms with E-state index in [1.807, 2.05) is 93.6 Å². The van der Waals surface area contributed by atoms with Crippen LogP contribution in [0.5, 0.6) is 11.5 Å². The Kier molecular flexibility index (Phi) is 6.64. The number of carbonyl (C=O) groups excluding carboxylic acids is 1. The lowest BCUT2D eigenvalue weighted by molar-refractivity contribution is 0.244. The molecule has 1 N–H and O–H groups in total. The van der Waals surface area contributed by atoms with Crippen LogP contribution in [0.3, 0.4) is 0 Å². The van der Waals surface area contributed by atoms with E-state index >= 15 is 0 Å². The molecule has 37 heavy (non-hydrogen) atoms. The number of carbonyl (C=O) groups is 1. The highest BCUT2D eigenvalue weighted by atomic mass is 16.5. The Hall–Kier alpha value is -4.59. The molecule has 1 aliphatic rings. The molecule has 8 nitrogen and oxygen atoms in total. The van der Waals surface area contributed by atoms with E-state index in [-0.39, 0.29) is 6.03 Å². The van der Waals surface area contributed by atoms with E-state index in [4.69, 9.17) is 19.0 Å². The van der Waals surface area contributed by atoms with Gasteiger partial charge in [-0.15, -0.1) is 0 Å². The number of urea groups is 1. The van der Waals surface area contributed by atoms with Gasteiger partial charge in [0, 0.05) is 11.3 Å². The number of methoxy groups -OCH3 is 1. The van der Waals surface area contributed by atoms with Crippen molar-refractivity contribution >= 4 is 17.3 Å². The van der Waals surface area contributed by atoms with Gasteiger partial charge in [0.15, 0.2) is 0 Å². The predicted molar refractivity (Wildman–Crippen MR) is 141 cm³/mol. The SMILES string of the molecule is CCOc1ccc(C2NC(=O)N(c3ccc(OC)cc3)C(C)=C2c2nc(-c3cccc(C)c3)no2)cc1. The average Bonchev–Trinajstić information content (AvgIpc) is 3.39. The minimum Gasteiger partial charge on any atom is -0.497 e. The summed E-state index contributed by atoms with van der Waals surface area (Å²) in [7, 11) is 1.61. The molecule has 0 saturated carbocycles.